The Labute approximate surface area is 164 Å². The number of hydrogen-bond acceptors (Lipinski definition) is 6. The second kappa shape index (κ2) is 7.69. The van der Waals surface area contributed by atoms with Crippen molar-refractivity contribution in [2.45, 2.75) is 13.5 Å². The molecule has 0 saturated heterocycles. The third-order valence-electron chi connectivity index (χ3n) is 4.19. The summed E-state index contributed by atoms with van der Waals surface area (Å²) in [7, 11) is 0. The van der Waals surface area contributed by atoms with Crippen LogP contribution < -0.4 is 15.7 Å². The highest BCUT2D eigenvalue weighted by Gasteiger charge is 2.10. The van der Waals surface area contributed by atoms with E-state index in [-0.39, 0.29) is 12.5 Å². The number of aromatic nitrogens is 2. The molecule has 28 heavy (non-hydrogen) atoms. The standard InChI is InChI=1S/C20H17N3O4S/c1-13-8-20(25)27-17-9-15(2-3-16(13)17)26-11-19(24)22-18-4-6-21-23(18)10-14-5-7-28-12-14/h2-9,12H,10-11H2,1H3,(H,22,24). The molecule has 3 aromatic heterocycles. The average Bonchev–Trinajstić information content (AvgIpc) is 3.32. The van der Waals surface area contributed by atoms with Crippen LogP contribution in [0.15, 0.2) is 62.6 Å². The first kappa shape index (κ1) is 18.0. The summed E-state index contributed by atoms with van der Waals surface area (Å²) in [5, 5.41) is 11.9. The molecule has 0 bridgehead atoms. The SMILES string of the molecule is Cc1cc(=O)oc2cc(OCC(=O)Nc3ccnn3Cc3ccsc3)ccc12. The predicted molar refractivity (Wildman–Crippen MR) is 107 cm³/mol. The summed E-state index contributed by atoms with van der Waals surface area (Å²) >= 11 is 1.61. The molecule has 0 saturated carbocycles. The fraction of sp³-hybridized carbons (Fsp3) is 0.150. The summed E-state index contributed by atoms with van der Waals surface area (Å²) < 4.78 is 12.5. The van der Waals surface area contributed by atoms with Crippen LogP contribution in [-0.4, -0.2) is 22.3 Å². The number of ether oxygens (including phenoxy) is 1. The first-order chi connectivity index (χ1) is 13.6. The Hall–Kier alpha value is -3.39. The average molecular weight is 395 g/mol. The third-order valence-corrected chi connectivity index (χ3v) is 4.92. The fourth-order valence-electron chi connectivity index (χ4n) is 2.84. The number of benzene rings is 1. The lowest BCUT2D eigenvalue weighted by atomic mass is 10.1. The molecule has 4 rings (SSSR count). The zero-order chi connectivity index (χ0) is 19.5. The van der Waals surface area contributed by atoms with Gasteiger partial charge >= 0.3 is 5.63 Å². The monoisotopic (exact) mass is 395 g/mol. The Kier molecular flexibility index (Phi) is 4.94. The summed E-state index contributed by atoms with van der Waals surface area (Å²) in [6, 6.07) is 10.3. The number of rotatable bonds is 6. The van der Waals surface area contributed by atoms with Crippen molar-refractivity contribution in [3.63, 3.8) is 0 Å². The predicted octanol–water partition coefficient (Wildman–Crippen LogP) is 3.43. The quantitative estimate of drug-likeness (QED) is 0.506. The van der Waals surface area contributed by atoms with Crippen molar-refractivity contribution >= 4 is 34.0 Å². The maximum Gasteiger partial charge on any atom is 0.336 e. The van der Waals surface area contributed by atoms with E-state index in [1.807, 2.05) is 23.8 Å². The molecule has 142 valence electrons. The molecular weight excluding hydrogens is 378 g/mol. The molecule has 0 fully saturated rings. The van der Waals surface area contributed by atoms with E-state index in [1.54, 1.807) is 46.5 Å². The van der Waals surface area contributed by atoms with Crippen molar-refractivity contribution in [3.8, 4) is 5.75 Å². The van der Waals surface area contributed by atoms with Gasteiger partial charge in [-0.05, 0) is 47.0 Å². The molecule has 0 unspecified atom stereocenters. The number of carbonyl (C=O) groups excluding carboxylic acids is 1. The Morgan fingerprint density at radius 2 is 2.18 bits per heavy atom. The highest BCUT2D eigenvalue weighted by molar-refractivity contribution is 7.07. The molecular formula is C20H17N3O4S. The van der Waals surface area contributed by atoms with Gasteiger partial charge < -0.3 is 14.5 Å². The van der Waals surface area contributed by atoms with Gasteiger partial charge in [-0.1, -0.05) is 0 Å². The van der Waals surface area contributed by atoms with E-state index in [0.717, 1.165) is 16.5 Å². The minimum atomic E-state index is -0.418. The number of nitrogens with zero attached hydrogens (tertiary/aromatic N) is 2. The molecule has 0 aliphatic heterocycles. The van der Waals surface area contributed by atoms with Crippen LogP contribution in [-0.2, 0) is 11.3 Å². The van der Waals surface area contributed by atoms with Gasteiger partial charge in [-0.2, -0.15) is 16.4 Å². The number of aryl methyl sites for hydroxylation is 1. The van der Waals surface area contributed by atoms with Gasteiger partial charge in [0.2, 0.25) is 0 Å². The van der Waals surface area contributed by atoms with Crippen LogP contribution in [0.1, 0.15) is 11.1 Å². The lowest BCUT2D eigenvalue weighted by Crippen LogP contribution is -2.22. The Morgan fingerprint density at radius 1 is 1.29 bits per heavy atom. The van der Waals surface area contributed by atoms with Gasteiger partial charge in [-0.15, -0.1) is 0 Å². The van der Waals surface area contributed by atoms with Crippen molar-refractivity contribution in [2.24, 2.45) is 0 Å². The van der Waals surface area contributed by atoms with Crippen molar-refractivity contribution in [1.82, 2.24) is 9.78 Å². The van der Waals surface area contributed by atoms with E-state index in [9.17, 15) is 9.59 Å². The molecule has 0 radical (unpaired) electrons. The fourth-order valence-corrected chi connectivity index (χ4v) is 3.50. The largest absolute Gasteiger partial charge is 0.484 e. The number of anilines is 1. The highest BCUT2D eigenvalue weighted by atomic mass is 32.1. The van der Waals surface area contributed by atoms with Crippen LogP contribution in [0.2, 0.25) is 0 Å². The summed E-state index contributed by atoms with van der Waals surface area (Å²) in [6.45, 7) is 2.24. The number of nitrogens with one attached hydrogen (secondary N) is 1. The summed E-state index contributed by atoms with van der Waals surface area (Å²) in [5.41, 5.74) is 1.96. The normalized spacial score (nSPS) is 10.9. The molecule has 8 heteroatoms. The maximum atomic E-state index is 12.3. The number of thiophene rings is 1. The highest BCUT2D eigenvalue weighted by Crippen LogP contribution is 2.22. The molecule has 1 N–H and O–H groups in total. The summed E-state index contributed by atoms with van der Waals surface area (Å²) in [5.74, 6) is 0.737. The van der Waals surface area contributed by atoms with Gasteiger partial charge in [-0.25, -0.2) is 9.48 Å². The van der Waals surface area contributed by atoms with Crippen molar-refractivity contribution in [3.05, 3.63) is 74.9 Å². The van der Waals surface area contributed by atoms with Gasteiger partial charge in [-0.3, -0.25) is 4.79 Å². The van der Waals surface area contributed by atoms with Gasteiger partial charge in [0.1, 0.15) is 17.2 Å². The first-order valence-electron chi connectivity index (χ1n) is 8.58. The zero-order valence-corrected chi connectivity index (χ0v) is 15.9. The van der Waals surface area contributed by atoms with Crippen molar-refractivity contribution in [1.29, 1.82) is 0 Å². The number of amides is 1. The van der Waals surface area contributed by atoms with Crippen LogP contribution in [0, 0.1) is 6.92 Å². The maximum absolute atomic E-state index is 12.3. The molecule has 7 nitrogen and oxygen atoms in total. The third kappa shape index (κ3) is 3.96. The Balaban J connectivity index is 1.41. The van der Waals surface area contributed by atoms with Crippen LogP contribution in [0.3, 0.4) is 0 Å². The van der Waals surface area contributed by atoms with Gasteiger partial charge in [0.25, 0.3) is 5.91 Å². The van der Waals surface area contributed by atoms with E-state index >= 15 is 0 Å². The van der Waals surface area contributed by atoms with Crippen molar-refractivity contribution in [2.75, 3.05) is 11.9 Å². The van der Waals surface area contributed by atoms with E-state index in [4.69, 9.17) is 9.15 Å². The first-order valence-corrected chi connectivity index (χ1v) is 9.53. The van der Waals surface area contributed by atoms with E-state index in [2.05, 4.69) is 10.4 Å². The minimum absolute atomic E-state index is 0.175. The molecule has 3 heterocycles. The lowest BCUT2D eigenvalue weighted by Gasteiger charge is -2.10. The lowest BCUT2D eigenvalue weighted by molar-refractivity contribution is -0.118. The van der Waals surface area contributed by atoms with E-state index in [1.165, 1.54) is 6.07 Å². The second-order valence-electron chi connectivity index (χ2n) is 6.25. The summed E-state index contributed by atoms with van der Waals surface area (Å²) in [4.78, 5) is 23.8. The molecule has 1 aromatic carbocycles. The van der Waals surface area contributed by atoms with Gasteiger partial charge in [0.05, 0.1) is 12.7 Å². The second-order valence-corrected chi connectivity index (χ2v) is 7.03. The zero-order valence-electron chi connectivity index (χ0n) is 15.0. The number of carbonyl (C=O) groups is 1. The van der Waals surface area contributed by atoms with E-state index in [0.29, 0.717) is 23.7 Å². The molecule has 0 aliphatic rings. The topological polar surface area (TPSA) is 86.4 Å². The Morgan fingerprint density at radius 3 is 3.00 bits per heavy atom. The minimum Gasteiger partial charge on any atom is -0.484 e. The van der Waals surface area contributed by atoms with Crippen LogP contribution >= 0.6 is 11.3 Å². The molecule has 0 spiro atoms. The van der Waals surface area contributed by atoms with Crippen molar-refractivity contribution < 1.29 is 13.9 Å². The van der Waals surface area contributed by atoms with Crippen LogP contribution in [0.4, 0.5) is 5.82 Å². The summed E-state index contributed by atoms with van der Waals surface area (Å²) in [6.07, 6.45) is 1.64. The van der Waals surface area contributed by atoms with Gasteiger partial charge in [0.15, 0.2) is 6.61 Å². The molecule has 0 aliphatic carbocycles. The van der Waals surface area contributed by atoms with Gasteiger partial charge in [0, 0.05) is 23.6 Å². The van der Waals surface area contributed by atoms with E-state index < -0.39 is 5.63 Å². The molecule has 0 atom stereocenters. The smallest absolute Gasteiger partial charge is 0.336 e. The van der Waals surface area contributed by atoms with Crippen LogP contribution in [0.5, 0.6) is 5.75 Å². The molecule has 1 amide bonds. The molecule has 4 aromatic rings. The van der Waals surface area contributed by atoms with Crippen LogP contribution in [0.25, 0.3) is 11.0 Å². The number of fused-ring (bicyclic) bond motifs is 1. The Bertz CT molecular complexity index is 1180. The number of hydrogen-bond donors (Lipinski definition) is 1.